The molecule has 3 rings (SSSR count). The molecule has 16 heavy (non-hydrogen) atoms. The highest BCUT2D eigenvalue weighted by molar-refractivity contribution is 9.12. The predicted molar refractivity (Wildman–Crippen MR) is 65.0 cm³/mol. The van der Waals surface area contributed by atoms with E-state index in [1.807, 2.05) is 6.26 Å². The van der Waals surface area contributed by atoms with Gasteiger partial charge in [-0.15, -0.1) is 0 Å². The number of nitrogens with one attached hydrogen (secondary N) is 1. The lowest BCUT2D eigenvalue weighted by Gasteiger charge is -2.26. The van der Waals surface area contributed by atoms with Gasteiger partial charge in [-0.2, -0.15) is 0 Å². The van der Waals surface area contributed by atoms with Gasteiger partial charge in [0, 0.05) is 13.1 Å². The van der Waals surface area contributed by atoms with Gasteiger partial charge in [-0.1, -0.05) is 0 Å². The highest BCUT2D eigenvalue weighted by atomic mass is 79.9. The van der Waals surface area contributed by atoms with Crippen molar-refractivity contribution >= 4 is 15.9 Å². The van der Waals surface area contributed by atoms with Crippen molar-refractivity contribution in [3.63, 3.8) is 0 Å². The monoisotopic (exact) mass is 283 g/mol. The number of hydrogen-bond donors (Lipinski definition) is 1. The fourth-order valence-electron chi connectivity index (χ4n) is 2.50. The van der Waals surface area contributed by atoms with Gasteiger partial charge in [0.05, 0.1) is 23.5 Å². The molecule has 0 aromatic carbocycles. The number of halogens is 1. The summed E-state index contributed by atoms with van der Waals surface area (Å²) < 4.78 is 12.1. The van der Waals surface area contributed by atoms with Crippen LogP contribution in [0.25, 0.3) is 0 Å². The molecular formula is C12H14BrNO2. The quantitative estimate of drug-likeness (QED) is 0.801. The third-order valence-corrected chi connectivity index (χ3v) is 3.83. The largest absolute Gasteiger partial charge is 0.471 e. The van der Waals surface area contributed by atoms with E-state index in [4.69, 9.17) is 9.47 Å². The Morgan fingerprint density at radius 2 is 2.25 bits per heavy atom. The minimum Gasteiger partial charge on any atom is -0.471 e. The lowest BCUT2D eigenvalue weighted by Crippen LogP contribution is -2.39. The molecule has 4 heteroatoms. The summed E-state index contributed by atoms with van der Waals surface area (Å²) >= 11 is 3.56. The molecule has 3 nitrogen and oxygen atoms in total. The first-order valence-electron chi connectivity index (χ1n) is 5.62. The van der Waals surface area contributed by atoms with Crippen LogP contribution in [0.15, 0.2) is 33.7 Å². The molecule has 1 atom stereocenters. The van der Waals surface area contributed by atoms with Crippen LogP contribution >= 0.6 is 15.9 Å². The Hall–Kier alpha value is -0.580. The summed E-state index contributed by atoms with van der Waals surface area (Å²) in [6.45, 7) is 2.69. The molecule has 0 aromatic rings. The zero-order chi connectivity index (χ0) is 11.0. The van der Waals surface area contributed by atoms with Gasteiger partial charge in [-0.05, 0) is 45.5 Å². The number of fused-ring (bicyclic) bond motifs is 1. The van der Waals surface area contributed by atoms with E-state index in [-0.39, 0.29) is 6.10 Å². The standard InChI is InChI=1S/C12H14BrNO2/c13-10-7-15-6-8-1-2-9(12(8)10)11-5-14-3-4-16-11/h6-7,11,14H,1-5H2. The fraction of sp³-hybridized carbons (Fsp3) is 0.500. The van der Waals surface area contributed by atoms with Crippen molar-refractivity contribution in [2.75, 3.05) is 19.7 Å². The van der Waals surface area contributed by atoms with Gasteiger partial charge in [0.1, 0.15) is 6.26 Å². The maximum atomic E-state index is 5.82. The minimum absolute atomic E-state index is 0.230. The van der Waals surface area contributed by atoms with Crippen LogP contribution in [-0.2, 0) is 9.47 Å². The Morgan fingerprint density at radius 1 is 1.31 bits per heavy atom. The second-order valence-corrected chi connectivity index (χ2v) is 5.06. The zero-order valence-corrected chi connectivity index (χ0v) is 10.5. The summed E-state index contributed by atoms with van der Waals surface area (Å²) in [6, 6.07) is 0. The molecule has 0 amide bonds. The molecule has 1 N–H and O–H groups in total. The number of allylic oxidation sites excluding steroid dienone is 3. The molecule has 1 unspecified atom stereocenters. The molecule has 1 saturated heterocycles. The molecule has 1 fully saturated rings. The van der Waals surface area contributed by atoms with Gasteiger partial charge < -0.3 is 14.8 Å². The van der Waals surface area contributed by atoms with E-state index < -0.39 is 0 Å². The molecular weight excluding hydrogens is 270 g/mol. The number of rotatable bonds is 1. The van der Waals surface area contributed by atoms with E-state index in [2.05, 4.69) is 21.2 Å². The van der Waals surface area contributed by atoms with E-state index in [1.165, 1.54) is 16.7 Å². The predicted octanol–water partition coefficient (Wildman–Crippen LogP) is 2.22. The average Bonchev–Trinajstić information content (AvgIpc) is 2.75. The minimum atomic E-state index is 0.230. The van der Waals surface area contributed by atoms with Crippen LogP contribution < -0.4 is 5.32 Å². The first-order chi connectivity index (χ1) is 7.86. The van der Waals surface area contributed by atoms with Crippen LogP contribution in [0.1, 0.15) is 12.8 Å². The Bertz CT molecular complexity index is 392. The van der Waals surface area contributed by atoms with Crippen LogP contribution in [0.2, 0.25) is 0 Å². The lowest BCUT2D eigenvalue weighted by molar-refractivity contribution is 0.0501. The van der Waals surface area contributed by atoms with Crippen molar-refractivity contribution in [3.8, 4) is 0 Å². The molecule has 0 saturated carbocycles. The van der Waals surface area contributed by atoms with Gasteiger partial charge in [-0.3, -0.25) is 0 Å². The fourth-order valence-corrected chi connectivity index (χ4v) is 3.11. The molecule has 1 aliphatic carbocycles. The van der Waals surface area contributed by atoms with Crippen LogP contribution in [0.4, 0.5) is 0 Å². The van der Waals surface area contributed by atoms with Crippen molar-refractivity contribution in [1.82, 2.24) is 5.32 Å². The topological polar surface area (TPSA) is 30.5 Å². The first-order valence-corrected chi connectivity index (χ1v) is 6.42. The van der Waals surface area contributed by atoms with Gasteiger partial charge in [-0.25, -0.2) is 0 Å². The molecule has 0 aromatic heterocycles. The van der Waals surface area contributed by atoms with Gasteiger partial charge >= 0.3 is 0 Å². The summed E-state index contributed by atoms with van der Waals surface area (Å²) in [6.07, 6.45) is 5.98. The van der Waals surface area contributed by atoms with E-state index in [0.717, 1.165) is 37.0 Å². The Labute approximate surface area is 103 Å². The lowest BCUT2D eigenvalue weighted by atomic mass is 10.0. The molecule has 0 spiro atoms. The van der Waals surface area contributed by atoms with Gasteiger partial charge in [0.15, 0.2) is 0 Å². The first kappa shape index (κ1) is 10.6. The van der Waals surface area contributed by atoms with E-state index in [0.29, 0.717) is 0 Å². The van der Waals surface area contributed by atoms with E-state index in [1.54, 1.807) is 6.26 Å². The highest BCUT2D eigenvalue weighted by Gasteiger charge is 2.30. The highest BCUT2D eigenvalue weighted by Crippen LogP contribution is 2.42. The van der Waals surface area contributed by atoms with E-state index in [9.17, 15) is 0 Å². The smallest absolute Gasteiger partial charge is 0.105 e. The molecule has 86 valence electrons. The van der Waals surface area contributed by atoms with Gasteiger partial charge in [0.2, 0.25) is 0 Å². The SMILES string of the molecule is BrC1=COC=C2CCC(C3CNCCO3)=C12. The van der Waals surface area contributed by atoms with Crippen molar-refractivity contribution in [3.05, 3.63) is 33.7 Å². The van der Waals surface area contributed by atoms with Crippen molar-refractivity contribution in [2.45, 2.75) is 18.9 Å². The third kappa shape index (κ3) is 1.75. The Kier molecular flexibility index (Phi) is 2.88. The summed E-state index contributed by atoms with van der Waals surface area (Å²) in [5, 5.41) is 3.38. The molecule has 0 bridgehead atoms. The molecule has 3 aliphatic rings. The second-order valence-electron chi connectivity index (χ2n) is 4.21. The molecule has 2 heterocycles. The van der Waals surface area contributed by atoms with Crippen LogP contribution in [0.5, 0.6) is 0 Å². The number of morpholine rings is 1. The number of ether oxygens (including phenoxy) is 2. The normalized spacial score (nSPS) is 29.4. The van der Waals surface area contributed by atoms with Crippen LogP contribution in [0.3, 0.4) is 0 Å². The summed E-state index contributed by atoms with van der Waals surface area (Å²) in [7, 11) is 0. The number of hydrogen-bond acceptors (Lipinski definition) is 3. The Balaban J connectivity index is 1.93. The summed E-state index contributed by atoms with van der Waals surface area (Å²) in [5.74, 6) is 0. The summed E-state index contributed by atoms with van der Waals surface area (Å²) in [5.41, 5.74) is 4.00. The zero-order valence-electron chi connectivity index (χ0n) is 8.96. The van der Waals surface area contributed by atoms with Gasteiger partial charge in [0.25, 0.3) is 0 Å². The maximum absolute atomic E-state index is 5.82. The van der Waals surface area contributed by atoms with E-state index >= 15 is 0 Å². The summed E-state index contributed by atoms with van der Waals surface area (Å²) in [4.78, 5) is 0. The average molecular weight is 284 g/mol. The Morgan fingerprint density at radius 3 is 3.06 bits per heavy atom. The maximum Gasteiger partial charge on any atom is 0.105 e. The third-order valence-electron chi connectivity index (χ3n) is 3.24. The molecule has 2 aliphatic heterocycles. The second kappa shape index (κ2) is 4.35. The van der Waals surface area contributed by atoms with Crippen LogP contribution in [0, 0.1) is 0 Å². The van der Waals surface area contributed by atoms with Crippen molar-refractivity contribution < 1.29 is 9.47 Å². The van der Waals surface area contributed by atoms with Crippen molar-refractivity contribution in [1.29, 1.82) is 0 Å². The van der Waals surface area contributed by atoms with Crippen molar-refractivity contribution in [2.24, 2.45) is 0 Å². The molecule has 0 radical (unpaired) electrons. The van der Waals surface area contributed by atoms with Crippen LogP contribution in [-0.4, -0.2) is 25.8 Å².